The van der Waals surface area contributed by atoms with Crippen LogP contribution in [0.2, 0.25) is 0 Å². The molecule has 3 aromatic rings. The van der Waals surface area contributed by atoms with Gasteiger partial charge in [-0.25, -0.2) is 8.42 Å². The number of carbonyl (C=O) groups is 2. The number of nitrogens with zero attached hydrogens (tertiary/aromatic N) is 4. The van der Waals surface area contributed by atoms with Crippen LogP contribution in [0, 0.1) is 12.8 Å². The van der Waals surface area contributed by atoms with E-state index in [0.29, 0.717) is 51.3 Å². The maximum absolute atomic E-state index is 13.5. The zero-order chi connectivity index (χ0) is 26.9. The fourth-order valence-electron chi connectivity index (χ4n) is 5.40. The summed E-state index contributed by atoms with van der Waals surface area (Å²) >= 11 is 0. The number of hydrogen-bond donors (Lipinski definition) is 1. The van der Waals surface area contributed by atoms with Gasteiger partial charge < -0.3 is 15.1 Å². The first-order chi connectivity index (χ1) is 18.2. The Morgan fingerprint density at radius 1 is 0.974 bits per heavy atom. The predicted molar refractivity (Wildman–Crippen MR) is 148 cm³/mol. The van der Waals surface area contributed by atoms with E-state index in [1.54, 1.807) is 12.1 Å². The number of carbonyl (C=O) groups excluding carboxylic acids is 2. The minimum Gasteiger partial charge on any atom is -0.367 e. The summed E-state index contributed by atoms with van der Waals surface area (Å²) < 4.78 is 28.0. The number of amides is 2. The Kier molecular flexibility index (Phi) is 7.36. The maximum atomic E-state index is 13.5. The largest absolute Gasteiger partial charge is 0.367 e. The Morgan fingerprint density at radius 2 is 1.68 bits per heavy atom. The molecular weight excluding hydrogens is 502 g/mol. The fraction of sp³-hybridized carbons (Fsp3) is 0.393. The summed E-state index contributed by atoms with van der Waals surface area (Å²) in [6, 6.07) is 16.4. The number of sulfonamides is 1. The van der Waals surface area contributed by atoms with Gasteiger partial charge in [-0.2, -0.15) is 4.31 Å². The van der Waals surface area contributed by atoms with Gasteiger partial charge in [0.15, 0.2) is 0 Å². The van der Waals surface area contributed by atoms with Crippen molar-refractivity contribution in [3.05, 3.63) is 60.3 Å². The number of rotatable bonds is 5. The lowest BCUT2D eigenvalue weighted by Gasteiger charge is -2.39. The lowest BCUT2D eigenvalue weighted by atomic mass is 9.97. The molecule has 10 heteroatoms. The van der Waals surface area contributed by atoms with Crippen molar-refractivity contribution in [3.63, 3.8) is 0 Å². The molecule has 0 radical (unpaired) electrons. The highest BCUT2D eigenvalue weighted by Crippen LogP contribution is 2.29. The Bertz CT molecular complexity index is 1450. The van der Waals surface area contributed by atoms with Crippen LogP contribution in [0.1, 0.15) is 25.5 Å². The third-order valence-corrected chi connectivity index (χ3v) is 9.18. The molecule has 5 rings (SSSR count). The van der Waals surface area contributed by atoms with Crippen LogP contribution >= 0.6 is 0 Å². The van der Waals surface area contributed by atoms with Gasteiger partial charge in [0.25, 0.3) is 0 Å². The molecule has 1 atom stereocenters. The molecule has 0 aliphatic carbocycles. The molecule has 2 amide bonds. The first kappa shape index (κ1) is 26.1. The van der Waals surface area contributed by atoms with Gasteiger partial charge >= 0.3 is 0 Å². The van der Waals surface area contributed by atoms with Crippen LogP contribution in [0.15, 0.2) is 59.5 Å². The second-order valence-corrected chi connectivity index (χ2v) is 12.0. The standard InChI is InChI=1S/C28H33N5O4S/c1-20-18-27(25-7-3-4-8-26(25)29-20)31-14-16-32(17-15-31)28(35)22-6-5-13-33(19-22)38(36,37)24-11-9-23(10-12-24)30-21(2)34/h3-4,7-12,18,22H,5-6,13-17,19H2,1-2H3,(H,30,34). The van der Waals surface area contributed by atoms with Crippen LogP contribution in [0.25, 0.3) is 10.9 Å². The van der Waals surface area contributed by atoms with Crippen LogP contribution in [-0.4, -0.2) is 73.7 Å². The third kappa shape index (κ3) is 5.37. The molecule has 38 heavy (non-hydrogen) atoms. The van der Waals surface area contributed by atoms with Crippen molar-refractivity contribution in [2.45, 2.75) is 31.6 Å². The molecule has 1 unspecified atom stereocenters. The zero-order valence-corrected chi connectivity index (χ0v) is 22.6. The number of nitrogens with one attached hydrogen (secondary N) is 1. The normalized spacial score (nSPS) is 18.9. The van der Waals surface area contributed by atoms with E-state index in [1.165, 1.54) is 23.4 Å². The summed E-state index contributed by atoms with van der Waals surface area (Å²) in [6.07, 6.45) is 1.32. The van der Waals surface area contributed by atoms with Gasteiger partial charge in [-0.15, -0.1) is 0 Å². The van der Waals surface area contributed by atoms with Gasteiger partial charge in [0.05, 0.1) is 16.3 Å². The SMILES string of the molecule is CC(=O)Nc1ccc(S(=O)(=O)N2CCCC(C(=O)N3CCN(c4cc(C)nc5ccccc45)CC3)C2)cc1. The highest BCUT2D eigenvalue weighted by Gasteiger charge is 2.36. The van der Waals surface area contributed by atoms with Gasteiger partial charge in [-0.3, -0.25) is 14.6 Å². The number of benzene rings is 2. The van der Waals surface area contributed by atoms with E-state index < -0.39 is 10.0 Å². The number of piperidine rings is 1. The summed E-state index contributed by atoms with van der Waals surface area (Å²) in [5.41, 5.74) is 3.61. The summed E-state index contributed by atoms with van der Waals surface area (Å²) in [5.74, 6) is -0.544. The highest BCUT2D eigenvalue weighted by atomic mass is 32.2. The fourth-order valence-corrected chi connectivity index (χ4v) is 6.92. The monoisotopic (exact) mass is 535 g/mol. The number of anilines is 2. The maximum Gasteiger partial charge on any atom is 0.243 e. The zero-order valence-electron chi connectivity index (χ0n) is 21.8. The molecule has 2 saturated heterocycles. The molecule has 2 aliphatic heterocycles. The molecular formula is C28H33N5O4S. The smallest absolute Gasteiger partial charge is 0.243 e. The average Bonchev–Trinajstić information content (AvgIpc) is 2.92. The van der Waals surface area contributed by atoms with Crippen molar-refractivity contribution in [2.75, 3.05) is 49.5 Å². The molecule has 0 saturated carbocycles. The lowest BCUT2D eigenvalue weighted by molar-refractivity contribution is -0.137. The number of aromatic nitrogens is 1. The third-order valence-electron chi connectivity index (χ3n) is 7.30. The Hall–Kier alpha value is -3.50. The van der Waals surface area contributed by atoms with E-state index >= 15 is 0 Å². The van der Waals surface area contributed by atoms with Crippen molar-refractivity contribution >= 4 is 44.1 Å². The van der Waals surface area contributed by atoms with Crippen LogP contribution in [0.5, 0.6) is 0 Å². The van der Waals surface area contributed by atoms with Crippen LogP contribution in [-0.2, 0) is 19.6 Å². The molecule has 2 fully saturated rings. The van der Waals surface area contributed by atoms with E-state index in [2.05, 4.69) is 27.3 Å². The van der Waals surface area contributed by atoms with Gasteiger partial charge in [-0.05, 0) is 56.2 Å². The van der Waals surface area contributed by atoms with Crippen LogP contribution < -0.4 is 10.2 Å². The summed E-state index contributed by atoms with van der Waals surface area (Å²) in [4.78, 5) is 33.7. The number of hydrogen-bond acceptors (Lipinski definition) is 6. The van der Waals surface area contributed by atoms with Crippen LogP contribution in [0.4, 0.5) is 11.4 Å². The first-order valence-corrected chi connectivity index (χ1v) is 14.4. The molecule has 9 nitrogen and oxygen atoms in total. The van der Waals surface area contributed by atoms with E-state index in [4.69, 9.17) is 0 Å². The second kappa shape index (κ2) is 10.7. The van der Waals surface area contributed by atoms with Gasteiger partial charge in [-0.1, -0.05) is 18.2 Å². The van der Waals surface area contributed by atoms with Gasteiger partial charge in [0.2, 0.25) is 21.8 Å². The van der Waals surface area contributed by atoms with E-state index in [9.17, 15) is 18.0 Å². The first-order valence-electron chi connectivity index (χ1n) is 13.0. The van der Waals surface area contributed by atoms with E-state index in [1.807, 2.05) is 30.0 Å². The van der Waals surface area contributed by atoms with E-state index in [0.717, 1.165) is 22.3 Å². The van der Waals surface area contributed by atoms with Crippen molar-refractivity contribution in [1.82, 2.24) is 14.2 Å². The second-order valence-electron chi connectivity index (χ2n) is 10.0. The Labute approximate surface area is 223 Å². The molecule has 0 bridgehead atoms. The highest BCUT2D eigenvalue weighted by molar-refractivity contribution is 7.89. The molecule has 2 aromatic carbocycles. The minimum absolute atomic E-state index is 0.0290. The minimum atomic E-state index is -3.74. The molecule has 200 valence electrons. The summed E-state index contributed by atoms with van der Waals surface area (Å²) in [7, 11) is -3.74. The number of aryl methyl sites for hydroxylation is 1. The van der Waals surface area contributed by atoms with Crippen molar-refractivity contribution in [2.24, 2.45) is 5.92 Å². The average molecular weight is 536 g/mol. The summed E-state index contributed by atoms with van der Waals surface area (Å²) in [5, 5.41) is 3.75. The molecule has 1 N–H and O–H groups in total. The summed E-state index contributed by atoms with van der Waals surface area (Å²) in [6.45, 7) is 6.60. The lowest BCUT2D eigenvalue weighted by Crippen LogP contribution is -2.53. The van der Waals surface area contributed by atoms with Crippen molar-refractivity contribution < 1.29 is 18.0 Å². The molecule has 0 spiro atoms. The molecule has 2 aliphatic rings. The Balaban J connectivity index is 1.23. The quantitative estimate of drug-likeness (QED) is 0.538. The van der Waals surface area contributed by atoms with Crippen molar-refractivity contribution in [1.29, 1.82) is 0 Å². The molecule has 3 heterocycles. The topological polar surface area (TPSA) is 103 Å². The Morgan fingerprint density at radius 3 is 2.39 bits per heavy atom. The number of pyridine rings is 1. The molecule has 1 aromatic heterocycles. The number of fused-ring (bicyclic) bond motifs is 1. The number of piperazine rings is 1. The van der Waals surface area contributed by atoms with Gasteiger partial charge in [0, 0.05) is 68.6 Å². The van der Waals surface area contributed by atoms with Crippen molar-refractivity contribution in [3.8, 4) is 0 Å². The van der Waals surface area contributed by atoms with Crippen LogP contribution in [0.3, 0.4) is 0 Å². The predicted octanol–water partition coefficient (Wildman–Crippen LogP) is 3.25. The van der Waals surface area contributed by atoms with Gasteiger partial charge in [0.1, 0.15) is 0 Å². The van der Waals surface area contributed by atoms with E-state index in [-0.39, 0.29) is 29.2 Å². The number of para-hydroxylation sites is 1.